The minimum Gasteiger partial charge on any atom is -0.384 e. The summed E-state index contributed by atoms with van der Waals surface area (Å²) in [5, 5.41) is 12.1. The van der Waals surface area contributed by atoms with E-state index in [2.05, 4.69) is 0 Å². The molecule has 0 bridgehead atoms. The molecule has 26 heavy (non-hydrogen) atoms. The van der Waals surface area contributed by atoms with Crippen molar-refractivity contribution in [1.82, 2.24) is 4.90 Å². The minimum absolute atomic E-state index is 0.0700. The number of ether oxygens (including phenoxy) is 1. The van der Waals surface area contributed by atoms with Crippen molar-refractivity contribution in [2.75, 3.05) is 26.3 Å². The molecule has 0 radical (unpaired) electrons. The number of halogens is 1. The predicted molar refractivity (Wildman–Crippen MR) is 102 cm³/mol. The van der Waals surface area contributed by atoms with Gasteiger partial charge in [0.2, 0.25) is 5.91 Å². The molecule has 1 aromatic carbocycles. The van der Waals surface area contributed by atoms with E-state index in [9.17, 15) is 9.90 Å². The summed E-state index contributed by atoms with van der Waals surface area (Å²) < 4.78 is 5.36. The summed E-state index contributed by atoms with van der Waals surface area (Å²) in [7, 11) is 0. The number of aliphatic hydroxyl groups is 1. The molecule has 1 atom stereocenters. The van der Waals surface area contributed by atoms with Gasteiger partial charge in [-0.05, 0) is 37.0 Å². The number of carbonyl (C=O) groups excluding carboxylic acids is 1. The molecule has 0 spiro atoms. The van der Waals surface area contributed by atoms with Crippen LogP contribution in [0.5, 0.6) is 0 Å². The molecule has 1 amide bonds. The van der Waals surface area contributed by atoms with Crippen molar-refractivity contribution in [3.05, 3.63) is 34.9 Å². The maximum Gasteiger partial charge on any atom is 0.224 e. The van der Waals surface area contributed by atoms with Crippen LogP contribution in [0.15, 0.2) is 24.3 Å². The molecule has 5 nitrogen and oxygen atoms in total. The number of amides is 1. The fourth-order valence-electron chi connectivity index (χ4n) is 4.16. The van der Waals surface area contributed by atoms with Gasteiger partial charge < -0.3 is 20.5 Å². The molecule has 2 fully saturated rings. The first-order valence-electron chi connectivity index (χ1n) is 9.28. The molecule has 2 aliphatic heterocycles. The Hall–Kier alpha value is -1.14. The van der Waals surface area contributed by atoms with E-state index in [0.717, 1.165) is 5.56 Å². The average molecular weight is 381 g/mol. The molecule has 0 saturated carbocycles. The van der Waals surface area contributed by atoms with Crippen LogP contribution >= 0.6 is 11.6 Å². The van der Waals surface area contributed by atoms with E-state index < -0.39 is 16.6 Å². The lowest BCUT2D eigenvalue weighted by Crippen LogP contribution is -2.58. The summed E-state index contributed by atoms with van der Waals surface area (Å²) in [6.07, 6.45) is 2.26. The maximum atomic E-state index is 12.9. The highest BCUT2D eigenvalue weighted by atomic mass is 35.5. The van der Waals surface area contributed by atoms with Gasteiger partial charge in [-0.1, -0.05) is 37.6 Å². The van der Waals surface area contributed by atoms with Gasteiger partial charge in [-0.15, -0.1) is 0 Å². The summed E-state index contributed by atoms with van der Waals surface area (Å²) in [6.45, 7) is 6.27. The molecule has 0 aliphatic carbocycles. The standard InChI is InChI=1S/C20H29ClN2O3/c1-18(2)14-23(17(24)13-19(22)8-11-26-12-9-19)10-7-20(18,25)15-3-5-16(21)6-4-15/h3-6,25H,7-14,22H2,1-2H3/t20-/m0/s1. The normalized spacial score (nSPS) is 28.0. The number of piperidine rings is 1. The van der Waals surface area contributed by atoms with Crippen LogP contribution in [0.4, 0.5) is 0 Å². The summed E-state index contributed by atoms with van der Waals surface area (Å²) in [5.41, 5.74) is 5.31. The second kappa shape index (κ2) is 7.12. The lowest BCUT2D eigenvalue weighted by molar-refractivity contribution is -0.154. The van der Waals surface area contributed by atoms with Crippen molar-refractivity contribution in [3.8, 4) is 0 Å². The average Bonchev–Trinajstić information content (AvgIpc) is 2.58. The molecule has 2 saturated heterocycles. The van der Waals surface area contributed by atoms with Crippen molar-refractivity contribution >= 4 is 17.5 Å². The lowest BCUT2D eigenvalue weighted by atomic mass is 9.66. The zero-order valence-electron chi connectivity index (χ0n) is 15.6. The second-order valence-electron chi connectivity index (χ2n) is 8.47. The van der Waals surface area contributed by atoms with Gasteiger partial charge in [0.15, 0.2) is 0 Å². The number of likely N-dealkylation sites (tertiary alicyclic amines) is 1. The van der Waals surface area contributed by atoms with Gasteiger partial charge in [0.25, 0.3) is 0 Å². The molecule has 2 heterocycles. The van der Waals surface area contributed by atoms with Crippen molar-refractivity contribution < 1.29 is 14.6 Å². The van der Waals surface area contributed by atoms with Crippen LogP contribution in [0.25, 0.3) is 0 Å². The highest BCUT2D eigenvalue weighted by Gasteiger charge is 2.50. The van der Waals surface area contributed by atoms with Crippen LogP contribution in [-0.2, 0) is 15.1 Å². The van der Waals surface area contributed by atoms with Crippen molar-refractivity contribution in [1.29, 1.82) is 0 Å². The highest BCUT2D eigenvalue weighted by molar-refractivity contribution is 6.30. The second-order valence-corrected chi connectivity index (χ2v) is 8.90. The van der Waals surface area contributed by atoms with E-state index in [4.69, 9.17) is 22.1 Å². The highest BCUT2D eigenvalue weighted by Crippen LogP contribution is 2.46. The number of nitrogens with zero attached hydrogens (tertiary/aromatic N) is 1. The molecule has 1 aromatic rings. The third-order valence-corrected chi connectivity index (χ3v) is 6.37. The molecular formula is C20H29ClN2O3. The van der Waals surface area contributed by atoms with Crippen LogP contribution in [-0.4, -0.2) is 47.8 Å². The van der Waals surface area contributed by atoms with Crippen LogP contribution in [0.3, 0.4) is 0 Å². The fourth-order valence-corrected chi connectivity index (χ4v) is 4.29. The number of rotatable bonds is 3. The molecule has 144 valence electrons. The van der Waals surface area contributed by atoms with Gasteiger partial charge in [0.05, 0.1) is 5.60 Å². The first-order valence-corrected chi connectivity index (χ1v) is 9.66. The molecular weight excluding hydrogens is 352 g/mol. The van der Waals surface area contributed by atoms with Gasteiger partial charge in [-0.2, -0.15) is 0 Å². The number of nitrogens with two attached hydrogens (primary N) is 1. The van der Waals surface area contributed by atoms with Crippen LogP contribution in [0, 0.1) is 5.41 Å². The molecule has 0 unspecified atom stereocenters. The molecule has 3 N–H and O–H groups in total. The van der Waals surface area contributed by atoms with E-state index in [1.54, 1.807) is 12.1 Å². The first-order chi connectivity index (χ1) is 12.2. The van der Waals surface area contributed by atoms with Crippen LogP contribution in [0.1, 0.15) is 45.1 Å². The van der Waals surface area contributed by atoms with E-state index in [1.807, 2.05) is 30.9 Å². The third kappa shape index (κ3) is 3.77. The van der Waals surface area contributed by atoms with Gasteiger partial charge in [-0.3, -0.25) is 4.79 Å². The Labute approximate surface area is 160 Å². The Morgan fingerprint density at radius 1 is 1.23 bits per heavy atom. The first kappa shape index (κ1) is 19.6. The molecule has 2 aliphatic rings. The number of hydrogen-bond donors (Lipinski definition) is 2. The Kier molecular flexibility index (Phi) is 5.37. The lowest BCUT2D eigenvalue weighted by Gasteiger charge is -2.51. The predicted octanol–water partition coefficient (Wildman–Crippen LogP) is 2.68. The largest absolute Gasteiger partial charge is 0.384 e. The van der Waals surface area contributed by atoms with Crippen LogP contribution in [0.2, 0.25) is 5.02 Å². The van der Waals surface area contributed by atoms with E-state index in [0.29, 0.717) is 57.0 Å². The SMILES string of the molecule is CC1(C)CN(C(=O)CC2(N)CCOCC2)CC[C@]1(O)c1ccc(Cl)cc1. The fraction of sp³-hybridized carbons (Fsp3) is 0.650. The van der Waals surface area contributed by atoms with Gasteiger partial charge in [-0.25, -0.2) is 0 Å². The topological polar surface area (TPSA) is 75.8 Å². The quantitative estimate of drug-likeness (QED) is 0.845. The molecule has 6 heteroatoms. The van der Waals surface area contributed by atoms with Crippen molar-refractivity contribution in [2.24, 2.45) is 11.1 Å². The Balaban J connectivity index is 1.71. The minimum atomic E-state index is -0.993. The van der Waals surface area contributed by atoms with E-state index in [1.165, 1.54) is 0 Å². The summed E-state index contributed by atoms with van der Waals surface area (Å²) in [6, 6.07) is 7.34. The summed E-state index contributed by atoms with van der Waals surface area (Å²) in [5.74, 6) is 0.0700. The summed E-state index contributed by atoms with van der Waals surface area (Å²) in [4.78, 5) is 14.7. The smallest absolute Gasteiger partial charge is 0.224 e. The summed E-state index contributed by atoms with van der Waals surface area (Å²) >= 11 is 5.98. The Bertz CT molecular complexity index is 656. The number of hydrogen-bond acceptors (Lipinski definition) is 4. The molecule has 3 rings (SSSR count). The van der Waals surface area contributed by atoms with E-state index >= 15 is 0 Å². The van der Waals surface area contributed by atoms with Crippen LogP contribution < -0.4 is 5.73 Å². The number of carbonyl (C=O) groups is 1. The van der Waals surface area contributed by atoms with Gasteiger partial charge in [0.1, 0.15) is 0 Å². The number of benzene rings is 1. The maximum absolute atomic E-state index is 12.9. The third-order valence-electron chi connectivity index (χ3n) is 6.12. The zero-order valence-corrected chi connectivity index (χ0v) is 16.4. The monoisotopic (exact) mass is 380 g/mol. The van der Waals surface area contributed by atoms with Crippen molar-refractivity contribution in [3.63, 3.8) is 0 Å². The van der Waals surface area contributed by atoms with Gasteiger partial charge in [0, 0.05) is 48.7 Å². The Morgan fingerprint density at radius 3 is 2.42 bits per heavy atom. The van der Waals surface area contributed by atoms with Gasteiger partial charge >= 0.3 is 0 Å². The van der Waals surface area contributed by atoms with E-state index in [-0.39, 0.29) is 5.91 Å². The Morgan fingerprint density at radius 2 is 1.85 bits per heavy atom. The van der Waals surface area contributed by atoms with Crippen molar-refractivity contribution in [2.45, 2.75) is 50.7 Å². The molecule has 0 aromatic heterocycles. The zero-order chi connectivity index (χ0) is 19.0.